The lowest BCUT2D eigenvalue weighted by Crippen LogP contribution is -2.21. The fourth-order valence-corrected chi connectivity index (χ4v) is 1.92. The topological polar surface area (TPSA) is 12.0 Å². The van der Waals surface area contributed by atoms with Crippen molar-refractivity contribution in [2.75, 3.05) is 5.32 Å². The van der Waals surface area contributed by atoms with Crippen LogP contribution in [0.15, 0.2) is 18.2 Å². The second-order valence-corrected chi connectivity index (χ2v) is 3.76. The zero-order valence-electron chi connectivity index (χ0n) is 7.10. The first-order valence-corrected chi connectivity index (χ1v) is 4.69. The molecule has 1 nitrogen and oxygen atoms in total. The highest BCUT2D eigenvalue weighted by atomic mass is 35.5. The summed E-state index contributed by atoms with van der Waals surface area (Å²) in [5, 5.41) is 4.31. The molecule has 0 saturated heterocycles. The van der Waals surface area contributed by atoms with Crippen LogP contribution in [-0.2, 0) is 6.42 Å². The van der Waals surface area contributed by atoms with Crippen LogP contribution in [0.25, 0.3) is 0 Å². The number of halogens is 1. The van der Waals surface area contributed by atoms with Crippen LogP contribution < -0.4 is 5.32 Å². The van der Waals surface area contributed by atoms with E-state index in [-0.39, 0.29) is 0 Å². The molecule has 1 heterocycles. The van der Waals surface area contributed by atoms with E-state index in [2.05, 4.69) is 18.3 Å². The summed E-state index contributed by atoms with van der Waals surface area (Å²) in [7, 11) is 0. The third-order valence-corrected chi connectivity index (χ3v) is 2.70. The summed E-state index contributed by atoms with van der Waals surface area (Å²) in [5.74, 6) is 0. The first kappa shape index (κ1) is 7.93. The van der Waals surface area contributed by atoms with E-state index < -0.39 is 0 Å². The first-order valence-electron chi connectivity index (χ1n) is 4.31. The average Bonchev–Trinajstić information content (AvgIpc) is 2.04. The summed E-state index contributed by atoms with van der Waals surface area (Å²) in [5.41, 5.74) is 2.48. The van der Waals surface area contributed by atoms with Gasteiger partial charge in [-0.05, 0) is 37.5 Å². The highest BCUT2D eigenvalue weighted by Gasteiger charge is 2.15. The predicted molar refractivity (Wildman–Crippen MR) is 52.9 cm³/mol. The summed E-state index contributed by atoms with van der Waals surface area (Å²) in [6.07, 6.45) is 2.28. The maximum atomic E-state index is 6.05. The van der Waals surface area contributed by atoms with Crippen molar-refractivity contribution in [1.82, 2.24) is 0 Å². The molecule has 2 heteroatoms. The fourth-order valence-electron chi connectivity index (χ4n) is 1.65. The van der Waals surface area contributed by atoms with Crippen LogP contribution in [0.4, 0.5) is 5.69 Å². The fraction of sp³-hybridized carbons (Fsp3) is 0.400. The minimum absolute atomic E-state index is 0.580. The van der Waals surface area contributed by atoms with Crippen molar-refractivity contribution in [1.29, 1.82) is 0 Å². The van der Waals surface area contributed by atoms with Crippen molar-refractivity contribution in [2.45, 2.75) is 25.8 Å². The van der Waals surface area contributed by atoms with Crippen molar-refractivity contribution in [3.63, 3.8) is 0 Å². The Hall–Kier alpha value is -0.690. The van der Waals surface area contributed by atoms with Gasteiger partial charge in [0, 0.05) is 16.8 Å². The van der Waals surface area contributed by atoms with Crippen molar-refractivity contribution in [2.24, 2.45) is 0 Å². The normalized spacial score (nSPS) is 21.3. The lowest BCUT2D eigenvalue weighted by atomic mass is 9.99. The van der Waals surface area contributed by atoms with E-state index >= 15 is 0 Å². The van der Waals surface area contributed by atoms with E-state index in [0.717, 1.165) is 11.4 Å². The summed E-state index contributed by atoms with van der Waals surface area (Å²) in [6.45, 7) is 2.20. The molecule has 64 valence electrons. The van der Waals surface area contributed by atoms with E-state index in [1.54, 1.807) is 0 Å². The van der Waals surface area contributed by atoms with Gasteiger partial charge in [-0.15, -0.1) is 0 Å². The molecule has 0 unspecified atom stereocenters. The van der Waals surface area contributed by atoms with E-state index in [4.69, 9.17) is 11.6 Å². The largest absolute Gasteiger partial charge is 0.382 e. The van der Waals surface area contributed by atoms with Crippen molar-refractivity contribution < 1.29 is 0 Å². The lowest BCUT2D eigenvalue weighted by molar-refractivity contribution is 0.681. The molecule has 0 fully saturated rings. The van der Waals surface area contributed by atoms with Crippen LogP contribution in [0.1, 0.15) is 18.9 Å². The second kappa shape index (κ2) is 2.98. The van der Waals surface area contributed by atoms with E-state index in [1.807, 2.05) is 12.1 Å². The predicted octanol–water partition coefficient (Wildman–Crippen LogP) is 3.09. The quantitative estimate of drug-likeness (QED) is 0.649. The monoisotopic (exact) mass is 181 g/mol. The number of rotatable bonds is 0. The highest BCUT2D eigenvalue weighted by molar-refractivity contribution is 6.31. The lowest BCUT2D eigenvalue weighted by Gasteiger charge is -2.24. The Morgan fingerprint density at radius 2 is 2.33 bits per heavy atom. The second-order valence-electron chi connectivity index (χ2n) is 3.35. The van der Waals surface area contributed by atoms with E-state index in [9.17, 15) is 0 Å². The third-order valence-electron chi connectivity index (χ3n) is 2.35. The Labute approximate surface area is 77.7 Å². The van der Waals surface area contributed by atoms with Crippen molar-refractivity contribution in [3.8, 4) is 0 Å². The molecule has 2 rings (SSSR count). The minimum Gasteiger partial charge on any atom is -0.382 e. The summed E-state index contributed by atoms with van der Waals surface area (Å²) >= 11 is 6.05. The van der Waals surface area contributed by atoms with Crippen molar-refractivity contribution >= 4 is 17.3 Å². The van der Waals surface area contributed by atoms with Gasteiger partial charge in [0.15, 0.2) is 0 Å². The maximum Gasteiger partial charge on any atom is 0.0458 e. The smallest absolute Gasteiger partial charge is 0.0458 e. The van der Waals surface area contributed by atoms with Crippen LogP contribution in [0.5, 0.6) is 0 Å². The molecule has 0 aliphatic carbocycles. The van der Waals surface area contributed by atoms with Crippen LogP contribution in [-0.4, -0.2) is 6.04 Å². The molecule has 1 aliphatic rings. The zero-order chi connectivity index (χ0) is 8.55. The van der Waals surface area contributed by atoms with Gasteiger partial charge < -0.3 is 5.32 Å². The van der Waals surface area contributed by atoms with E-state index in [0.29, 0.717) is 6.04 Å². The Balaban J connectivity index is 2.42. The molecule has 0 amide bonds. The van der Waals surface area contributed by atoms with Gasteiger partial charge in [-0.3, -0.25) is 0 Å². The molecule has 1 aromatic carbocycles. The molecule has 1 atom stereocenters. The Bertz CT molecular complexity index is 296. The first-order chi connectivity index (χ1) is 5.77. The summed E-state index contributed by atoms with van der Waals surface area (Å²) < 4.78 is 0. The van der Waals surface area contributed by atoms with E-state index in [1.165, 1.54) is 17.7 Å². The Kier molecular flexibility index (Phi) is 1.97. The summed E-state index contributed by atoms with van der Waals surface area (Å²) in [4.78, 5) is 0. The van der Waals surface area contributed by atoms with Gasteiger partial charge in [0.05, 0.1) is 0 Å². The zero-order valence-corrected chi connectivity index (χ0v) is 7.86. The highest BCUT2D eigenvalue weighted by Crippen LogP contribution is 2.30. The van der Waals surface area contributed by atoms with Crippen LogP contribution in [0.2, 0.25) is 5.02 Å². The molecular weight excluding hydrogens is 170 g/mol. The van der Waals surface area contributed by atoms with Crippen LogP contribution >= 0.6 is 11.6 Å². The Morgan fingerprint density at radius 1 is 1.50 bits per heavy atom. The molecule has 12 heavy (non-hydrogen) atoms. The van der Waals surface area contributed by atoms with Gasteiger partial charge in [0.2, 0.25) is 0 Å². The molecule has 0 bridgehead atoms. The number of anilines is 1. The standard InChI is InChI=1S/C10H12ClN/c1-7-5-6-8-9(11)3-2-4-10(8)12-7/h2-4,7,12H,5-6H2,1H3/t7-/m1/s1. The van der Waals surface area contributed by atoms with Crippen molar-refractivity contribution in [3.05, 3.63) is 28.8 Å². The maximum absolute atomic E-state index is 6.05. The van der Waals surface area contributed by atoms with Gasteiger partial charge in [-0.25, -0.2) is 0 Å². The molecule has 0 spiro atoms. The Morgan fingerprint density at radius 3 is 3.17 bits per heavy atom. The molecule has 1 aromatic rings. The van der Waals surface area contributed by atoms with Crippen LogP contribution in [0.3, 0.4) is 0 Å². The molecule has 1 aliphatic heterocycles. The van der Waals surface area contributed by atoms with Gasteiger partial charge >= 0.3 is 0 Å². The molecule has 0 aromatic heterocycles. The summed E-state index contributed by atoms with van der Waals surface area (Å²) in [6, 6.07) is 6.62. The van der Waals surface area contributed by atoms with Gasteiger partial charge in [-0.1, -0.05) is 17.7 Å². The average molecular weight is 182 g/mol. The number of hydrogen-bond acceptors (Lipinski definition) is 1. The number of hydrogen-bond donors (Lipinski definition) is 1. The number of nitrogens with one attached hydrogen (secondary N) is 1. The molecular formula is C10H12ClN. The van der Waals surface area contributed by atoms with Gasteiger partial charge in [0.25, 0.3) is 0 Å². The molecule has 1 N–H and O–H groups in total. The number of fused-ring (bicyclic) bond motifs is 1. The van der Waals surface area contributed by atoms with Crippen LogP contribution in [0, 0.1) is 0 Å². The number of benzene rings is 1. The SMILES string of the molecule is C[C@@H]1CCc2c(Cl)cccc2N1. The van der Waals surface area contributed by atoms with Gasteiger partial charge in [-0.2, -0.15) is 0 Å². The molecule has 0 radical (unpaired) electrons. The minimum atomic E-state index is 0.580. The molecule has 0 saturated carbocycles. The third kappa shape index (κ3) is 1.29. The van der Waals surface area contributed by atoms with Gasteiger partial charge in [0.1, 0.15) is 0 Å².